The van der Waals surface area contributed by atoms with Crippen LogP contribution in [0.3, 0.4) is 0 Å². The molecule has 1 aromatic carbocycles. The van der Waals surface area contributed by atoms with E-state index in [9.17, 15) is 13.2 Å². The minimum absolute atomic E-state index is 0.0451. The molecule has 3 rings (SSSR count). The summed E-state index contributed by atoms with van der Waals surface area (Å²) in [6, 6.07) is 6.75. The fourth-order valence-corrected chi connectivity index (χ4v) is 3.63. The van der Waals surface area contributed by atoms with E-state index in [2.05, 4.69) is 11.9 Å². The van der Waals surface area contributed by atoms with E-state index in [0.717, 1.165) is 18.9 Å². The zero-order valence-electron chi connectivity index (χ0n) is 12.1. The first kappa shape index (κ1) is 14.9. The molecule has 1 aromatic rings. The van der Waals surface area contributed by atoms with Crippen molar-refractivity contribution in [2.45, 2.75) is 56.7 Å². The van der Waals surface area contributed by atoms with Crippen molar-refractivity contribution in [2.75, 3.05) is 7.05 Å². The molecule has 0 amide bonds. The molecular weight excluding hydrogens is 279 g/mol. The summed E-state index contributed by atoms with van der Waals surface area (Å²) in [5.41, 5.74) is -0.350. The number of hydrogen-bond donors (Lipinski definition) is 0. The Morgan fingerprint density at radius 1 is 1.14 bits per heavy atom. The van der Waals surface area contributed by atoms with Gasteiger partial charge in [0.05, 0.1) is 18.3 Å². The molecule has 2 unspecified atom stereocenters. The van der Waals surface area contributed by atoms with Crippen molar-refractivity contribution in [3.05, 3.63) is 35.4 Å². The lowest BCUT2D eigenvalue weighted by molar-refractivity contribution is -0.139. The van der Waals surface area contributed by atoms with Crippen LogP contribution in [-0.2, 0) is 17.5 Å². The Hall–Kier alpha value is -1.07. The molecule has 2 bridgehead atoms. The normalized spacial score (nSPS) is 29.8. The summed E-state index contributed by atoms with van der Waals surface area (Å²) in [7, 11) is 2.14. The van der Waals surface area contributed by atoms with Crippen LogP contribution >= 0.6 is 0 Å². The maximum Gasteiger partial charge on any atom is 0.416 e. The number of halogens is 3. The SMILES string of the molecule is CN1C2CCC1CC(OCc1ccccc1C(F)(F)F)C2. The lowest BCUT2D eigenvalue weighted by Gasteiger charge is -2.36. The Morgan fingerprint density at radius 3 is 2.38 bits per heavy atom. The molecule has 0 N–H and O–H groups in total. The van der Waals surface area contributed by atoms with Gasteiger partial charge in [0.15, 0.2) is 0 Å². The zero-order valence-corrected chi connectivity index (χ0v) is 12.1. The summed E-state index contributed by atoms with van der Waals surface area (Å²) in [4.78, 5) is 2.39. The van der Waals surface area contributed by atoms with Crippen LogP contribution in [0.5, 0.6) is 0 Å². The largest absolute Gasteiger partial charge is 0.416 e. The molecule has 5 heteroatoms. The van der Waals surface area contributed by atoms with Gasteiger partial charge in [-0.3, -0.25) is 0 Å². The molecule has 2 aliphatic rings. The molecule has 2 saturated heterocycles. The fraction of sp³-hybridized carbons (Fsp3) is 0.625. The van der Waals surface area contributed by atoms with Crippen LogP contribution in [0.4, 0.5) is 13.2 Å². The minimum Gasteiger partial charge on any atom is -0.373 e. The lowest BCUT2D eigenvalue weighted by Crippen LogP contribution is -2.42. The van der Waals surface area contributed by atoms with Gasteiger partial charge < -0.3 is 9.64 Å². The third-order valence-electron chi connectivity index (χ3n) is 4.85. The van der Waals surface area contributed by atoms with Crippen molar-refractivity contribution in [1.82, 2.24) is 4.90 Å². The highest BCUT2D eigenvalue weighted by Crippen LogP contribution is 2.36. The Labute approximate surface area is 122 Å². The van der Waals surface area contributed by atoms with Gasteiger partial charge >= 0.3 is 6.18 Å². The van der Waals surface area contributed by atoms with Crippen LogP contribution in [0.2, 0.25) is 0 Å². The van der Waals surface area contributed by atoms with E-state index >= 15 is 0 Å². The van der Waals surface area contributed by atoms with Crippen LogP contribution < -0.4 is 0 Å². The van der Waals surface area contributed by atoms with Gasteiger partial charge in [0.25, 0.3) is 0 Å². The topological polar surface area (TPSA) is 12.5 Å². The summed E-state index contributed by atoms with van der Waals surface area (Å²) in [6.45, 7) is 0.0451. The van der Waals surface area contributed by atoms with Crippen molar-refractivity contribution in [1.29, 1.82) is 0 Å². The first-order chi connectivity index (χ1) is 9.95. The minimum atomic E-state index is -4.31. The Kier molecular flexibility index (Phi) is 3.97. The van der Waals surface area contributed by atoms with Crippen LogP contribution in [0.1, 0.15) is 36.8 Å². The second kappa shape index (κ2) is 5.61. The van der Waals surface area contributed by atoms with Gasteiger partial charge in [-0.05, 0) is 44.4 Å². The Balaban J connectivity index is 1.64. The van der Waals surface area contributed by atoms with Gasteiger partial charge in [0.2, 0.25) is 0 Å². The van der Waals surface area contributed by atoms with Gasteiger partial charge in [-0.25, -0.2) is 0 Å². The van der Waals surface area contributed by atoms with E-state index in [0.29, 0.717) is 12.1 Å². The van der Waals surface area contributed by atoms with Gasteiger partial charge in [-0.2, -0.15) is 13.2 Å². The van der Waals surface area contributed by atoms with E-state index in [4.69, 9.17) is 4.74 Å². The molecule has 21 heavy (non-hydrogen) atoms. The standard InChI is InChI=1S/C16H20F3NO/c1-20-12-6-7-13(20)9-14(8-12)21-10-11-4-2-3-5-15(11)16(17,18)19/h2-5,12-14H,6-10H2,1H3. The lowest BCUT2D eigenvalue weighted by atomic mass is 10.0. The quantitative estimate of drug-likeness (QED) is 0.840. The van der Waals surface area contributed by atoms with Crippen molar-refractivity contribution in [2.24, 2.45) is 0 Å². The van der Waals surface area contributed by atoms with Crippen LogP contribution in [0.15, 0.2) is 24.3 Å². The molecule has 0 saturated carbocycles. The first-order valence-electron chi connectivity index (χ1n) is 7.44. The molecule has 0 spiro atoms. The molecule has 2 aliphatic heterocycles. The van der Waals surface area contributed by atoms with Crippen molar-refractivity contribution >= 4 is 0 Å². The molecular formula is C16H20F3NO. The average Bonchev–Trinajstić information content (AvgIpc) is 2.66. The van der Waals surface area contributed by atoms with Crippen molar-refractivity contribution in [3.63, 3.8) is 0 Å². The molecule has 0 aromatic heterocycles. The molecule has 2 nitrogen and oxygen atoms in total. The maximum absolute atomic E-state index is 12.9. The highest BCUT2D eigenvalue weighted by Gasteiger charge is 2.39. The van der Waals surface area contributed by atoms with Gasteiger partial charge in [0.1, 0.15) is 0 Å². The molecule has 2 heterocycles. The molecule has 116 valence electrons. The number of hydrogen-bond acceptors (Lipinski definition) is 2. The Bertz CT molecular complexity index is 489. The smallest absolute Gasteiger partial charge is 0.373 e. The number of piperidine rings is 1. The predicted molar refractivity (Wildman–Crippen MR) is 73.8 cm³/mol. The summed E-state index contributed by atoms with van der Waals surface area (Å²) in [5.74, 6) is 0. The van der Waals surface area contributed by atoms with E-state index in [-0.39, 0.29) is 18.3 Å². The maximum atomic E-state index is 12.9. The number of nitrogens with zero attached hydrogens (tertiary/aromatic N) is 1. The summed E-state index contributed by atoms with van der Waals surface area (Å²) >= 11 is 0. The van der Waals surface area contributed by atoms with Crippen LogP contribution in [-0.4, -0.2) is 30.1 Å². The number of alkyl halides is 3. The van der Waals surface area contributed by atoms with Gasteiger partial charge in [-0.1, -0.05) is 18.2 Å². The molecule has 0 aliphatic carbocycles. The summed E-state index contributed by atoms with van der Waals surface area (Å²) < 4.78 is 44.6. The summed E-state index contributed by atoms with van der Waals surface area (Å²) in [6.07, 6.45) is -0.00550. The second-order valence-electron chi connectivity index (χ2n) is 6.11. The highest BCUT2D eigenvalue weighted by atomic mass is 19.4. The number of fused-ring (bicyclic) bond motifs is 2. The third kappa shape index (κ3) is 3.09. The van der Waals surface area contributed by atoms with Gasteiger partial charge in [0, 0.05) is 12.1 Å². The van der Waals surface area contributed by atoms with Crippen LogP contribution in [0.25, 0.3) is 0 Å². The Morgan fingerprint density at radius 2 is 1.76 bits per heavy atom. The van der Waals surface area contributed by atoms with E-state index < -0.39 is 11.7 Å². The third-order valence-corrected chi connectivity index (χ3v) is 4.85. The average molecular weight is 299 g/mol. The second-order valence-corrected chi connectivity index (χ2v) is 6.11. The predicted octanol–water partition coefficient (Wildman–Crippen LogP) is 3.85. The number of rotatable bonds is 3. The highest BCUT2D eigenvalue weighted by molar-refractivity contribution is 5.29. The number of benzene rings is 1. The molecule has 2 fully saturated rings. The van der Waals surface area contributed by atoms with Crippen LogP contribution in [0, 0.1) is 0 Å². The van der Waals surface area contributed by atoms with Crippen molar-refractivity contribution in [3.8, 4) is 0 Å². The van der Waals surface area contributed by atoms with E-state index in [1.165, 1.54) is 25.0 Å². The molecule has 0 radical (unpaired) electrons. The summed E-state index contributed by atoms with van der Waals surface area (Å²) in [5, 5.41) is 0. The zero-order chi connectivity index (χ0) is 15.0. The first-order valence-corrected chi connectivity index (χ1v) is 7.44. The fourth-order valence-electron chi connectivity index (χ4n) is 3.63. The van der Waals surface area contributed by atoms with Crippen molar-refractivity contribution < 1.29 is 17.9 Å². The monoisotopic (exact) mass is 299 g/mol. The van der Waals surface area contributed by atoms with E-state index in [1.807, 2.05) is 0 Å². The molecule has 2 atom stereocenters. The van der Waals surface area contributed by atoms with Gasteiger partial charge in [-0.15, -0.1) is 0 Å². The number of ether oxygens (including phenoxy) is 1. The van der Waals surface area contributed by atoms with E-state index in [1.54, 1.807) is 6.07 Å².